The molecule has 4 heteroatoms. The monoisotopic (exact) mass is 266 g/mol. The van der Waals surface area contributed by atoms with Crippen LogP contribution in [0.1, 0.15) is 33.1 Å². The van der Waals surface area contributed by atoms with E-state index in [9.17, 15) is 0 Å². The molecule has 1 unspecified atom stereocenters. The summed E-state index contributed by atoms with van der Waals surface area (Å²) < 4.78 is 0. The standard InChI is InChI=1S/C12H26N2S.ClH/c1-4-11(2)14(3)8-7-13-12-5-9-15-10-6-12;/h11-13H,4-10H2,1-3H3;1H. The van der Waals surface area contributed by atoms with Crippen molar-refractivity contribution in [1.82, 2.24) is 10.2 Å². The highest BCUT2D eigenvalue weighted by Crippen LogP contribution is 2.16. The minimum absolute atomic E-state index is 0. The van der Waals surface area contributed by atoms with Crippen molar-refractivity contribution in [1.29, 1.82) is 0 Å². The van der Waals surface area contributed by atoms with Crippen LogP contribution in [-0.4, -0.2) is 48.6 Å². The number of rotatable bonds is 6. The summed E-state index contributed by atoms with van der Waals surface area (Å²) in [4.78, 5) is 2.45. The van der Waals surface area contributed by atoms with Crippen molar-refractivity contribution >= 4 is 24.2 Å². The summed E-state index contributed by atoms with van der Waals surface area (Å²) in [6.07, 6.45) is 3.96. The summed E-state index contributed by atoms with van der Waals surface area (Å²) in [5.41, 5.74) is 0. The van der Waals surface area contributed by atoms with Crippen LogP contribution in [0.3, 0.4) is 0 Å². The van der Waals surface area contributed by atoms with Crippen LogP contribution >= 0.6 is 24.2 Å². The second-order valence-corrected chi connectivity index (χ2v) is 5.80. The van der Waals surface area contributed by atoms with E-state index in [0.29, 0.717) is 6.04 Å². The molecule has 1 aliphatic heterocycles. The maximum atomic E-state index is 3.68. The van der Waals surface area contributed by atoms with Gasteiger partial charge < -0.3 is 10.2 Å². The van der Waals surface area contributed by atoms with Crippen molar-refractivity contribution in [2.75, 3.05) is 31.6 Å². The fourth-order valence-electron chi connectivity index (χ4n) is 1.88. The van der Waals surface area contributed by atoms with Crippen LogP contribution in [0, 0.1) is 0 Å². The zero-order valence-electron chi connectivity index (χ0n) is 10.9. The maximum Gasteiger partial charge on any atom is 0.0107 e. The first-order valence-electron chi connectivity index (χ1n) is 6.25. The predicted molar refractivity (Wildman–Crippen MR) is 78.0 cm³/mol. The lowest BCUT2D eigenvalue weighted by molar-refractivity contribution is 0.247. The summed E-state index contributed by atoms with van der Waals surface area (Å²) in [5, 5.41) is 3.68. The van der Waals surface area contributed by atoms with E-state index in [2.05, 4.69) is 42.9 Å². The third-order valence-electron chi connectivity index (χ3n) is 3.46. The van der Waals surface area contributed by atoms with Crippen LogP contribution < -0.4 is 5.32 Å². The molecule has 1 saturated heterocycles. The van der Waals surface area contributed by atoms with Crippen LogP contribution in [0.25, 0.3) is 0 Å². The van der Waals surface area contributed by atoms with Crippen molar-refractivity contribution < 1.29 is 0 Å². The van der Waals surface area contributed by atoms with Crippen LogP contribution in [0.4, 0.5) is 0 Å². The zero-order valence-corrected chi connectivity index (χ0v) is 12.5. The van der Waals surface area contributed by atoms with Crippen molar-refractivity contribution in [3.63, 3.8) is 0 Å². The molecule has 0 aliphatic carbocycles. The maximum absolute atomic E-state index is 3.68. The molecule has 2 nitrogen and oxygen atoms in total. The minimum atomic E-state index is 0. The Morgan fingerprint density at radius 3 is 2.56 bits per heavy atom. The second-order valence-electron chi connectivity index (χ2n) is 4.58. The summed E-state index contributed by atoms with van der Waals surface area (Å²) in [7, 11) is 2.23. The average molecular weight is 267 g/mol. The van der Waals surface area contributed by atoms with Crippen LogP contribution in [-0.2, 0) is 0 Å². The molecule has 0 spiro atoms. The normalized spacial score (nSPS) is 19.5. The van der Waals surface area contributed by atoms with E-state index < -0.39 is 0 Å². The van der Waals surface area contributed by atoms with Crippen LogP contribution in [0.2, 0.25) is 0 Å². The average Bonchev–Trinajstić information content (AvgIpc) is 2.29. The molecule has 0 aromatic rings. The highest BCUT2D eigenvalue weighted by Gasteiger charge is 2.13. The van der Waals surface area contributed by atoms with Gasteiger partial charge in [-0.15, -0.1) is 12.4 Å². The Labute approximate surface area is 111 Å². The molecule has 0 aromatic heterocycles. The van der Waals surface area contributed by atoms with Crippen LogP contribution in [0.15, 0.2) is 0 Å². The van der Waals surface area contributed by atoms with Crippen molar-refractivity contribution in [3.8, 4) is 0 Å². The van der Waals surface area contributed by atoms with Gasteiger partial charge in [0.05, 0.1) is 0 Å². The third-order valence-corrected chi connectivity index (χ3v) is 4.51. The Balaban J connectivity index is 0.00000225. The molecule has 0 amide bonds. The van der Waals surface area contributed by atoms with Gasteiger partial charge >= 0.3 is 0 Å². The van der Waals surface area contributed by atoms with Gasteiger partial charge in [0.1, 0.15) is 0 Å². The highest BCUT2D eigenvalue weighted by atomic mass is 35.5. The number of thioether (sulfide) groups is 1. The van der Waals surface area contributed by atoms with Gasteiger partial charge in [0.25, 0.3) is 0 Å². The van der Waals surface area contributed by atoms with E-state index in [1.165, 1.54) is 37.3 Å². The minimum Gasteiger partial charge on any atom is -0.313 e. The molecule has 0 bridgehead atoms. The fourth-order valence-corrected chi connectivity index (χ4v) is 2.99. The van der Waals surface area contributed by atoms with E-state index in [4.69, 9.17) is 0 Å². The predicted octanol–water partition coefficient (Wildman–Crippen LogP) is 2.62. The van der Waals surface area contributed by atoms with Gasteiger partial charge in [-0.1, -0.05) is 6.92 Å². The smallest absolute Gasteiger partial charge is 0.0107 e. The first-order chi connectivity index (χ1) is 7.24. The summed E-state index contributed by atoms with van der Waals surface area (Å²) in [5.74, 6) is 2.69. The van der Waals surface area contributed by atoms with E-state index in [0.717, 1.165) is 12.6 Å². The molecule has 0 radical (unpaired) electrons. The van der Waals surface area contributed by atoms with Crippen LogP contribution in [0.5, 0.6) is 0 Å². The molecule has 98 valence electrons. The van der Waals surface area contributed by atoms with Gasteiger partial charge in [-0.2, -0.15) is 11.8 Å². The second kappa shape index (κ2) is 9.58. The summed E-state index contributed by atoms with van der Waals surface area (Å²) in [6, 6.07) is 1.50. The van der Waals surface area contributed by atoms with Gasteiger partial charge in [0, 0.05) is 25.2 Å². The fraction of sp³-hybridized carbons (Fsp3) is 1.00. The Morgan fingerprint density at radius 2 is 2.00 bits per heavy atom. The molecule has 1 fully saturated rings. The Morgan fingerprint density at radius 1 is 1.38 bits per heavy atom. The molecule has 1 atom stereocenters. The lowest BCUT2D eigenvalue weighted by Gasteiger charge is -2.26. The molecular formula is C12H27ClN2S. The van der Waals surface area contributed by atoms with Crippen molar-refractivity contribution in [3.05, 3.63) is 0 Å². The molecule has 1 heterocycles. The quantitative estimate of drug-likeness (QED) is 0.796. The van der Waals surface area contributed by atoms with E-state index in [1.807, 2.05) is 0 Å². The largest absolute Gasteiger partial charge is 0.313 e. The number of nitrogens with zero attached hydrogens (tertiary/aromatic N) is 1. The molecule has 0 aromatic carbocycles. The van der Waals surface area contributed by atoms with E-state index in [1.54, 1.807) is 0 Å². The molecule has 16 heavy (non-hydrogen) atoms. The summed E-state index contributed by atoms with van der Waals surface area (Å²) in [6.45, 7) is 6.89. The van der Waals surface area contributed by atoms with Gasteiger partial charge in [0.15, 0.2) is 0 Å². The SMILES string of the molecule is CCC(C)N(C)CCNC1CCSCC1.Cl. The van der Waals surface area contributed by atoms with Gasteiger partial charge in [-0.25, -0.2) is 0 Å². The lowest BCUT2D eigenvalue weighted by atomic mass is 10.1. The first kappa shape index (κ1) is 16.6. The zero-order chi connectivity index (χ0) is 11.1. The van der Waals surface area contributed by atoms with Crippen molar-refractivity contribution in [2.24, 2.45) is 0 Å². The molecule has 1 rings (SSSR count). The number of hydrogen-bond donors (Lipinski definition) is 1. The number of hydrogen-bond acceptors (Lipinski definition) is 3. The highest BCUT2D eigenvalue weighted by molar-refractivity contribution is 7.99. The molecule has 1 N–H and O–H groups in total. The lowest BCUT2D eigenvalue weighted by Crippen LogP contribution is -2.40. The summed E-state index contributed by atoms with van der Waals surface area (Å²) >= 11 is 2.10. The van der Waals surface area contributed by atoms with E-state index in [-0.39, 0.29) is 12.4 Å². The number of halogens is 1. The van der Waals surface area contributed by atoms with Gasteiger partial charge in [-0.05, 0) is 44.7 Å². The van der Waals surface area contributed by atoms with Gasteiger partial charge in [0.2, 0.25) is 0 Å². The molecule has 0 saturated carbocycles. The van der Waals surface area contributed by atoms with Gasteiger partial charge in [-0.3, -0.25) is 0 Å². The van der Waals surface area contributed by atoms with E-state index >= 15 is 0 Å². The third kappa shape index (κ3) is 6.33. The Kier molecular flexibility index (Phi) is 9.91. The molecule has 1 aliphatic rings. The number of nitrogens with one attached hydrogen (secondary N) is 1. The van der Waals surface area contributed by atoms with Crippen molar-refractivity contribution in [2.45, 2.75) is 45.2 Å². The number of likely N-dealkylation sites (N-methyl/N-ethyl adjacent to an activating group) is 1. The topological polar surface area (TPSA) is 15.3 Å². The first-order valence-corrected chi connectivity index (χ1v) is 7.41. The molecular weight excluding hydrogens is 240 g/mol. The Hall–Kier alpha value is 0.560. The Bertz CT molecular complexity index is 161.